The Balaban J connectivity index is 2.87. The number of rotatable bonds is 3. The van der Waals surface area contributed by atoms with Crippen molar-refractivity contribution in [1.82, 2.24) is 4.98 Å². The molecule has 0 saturated carbocycles. The summed E-state index contributed by atoms with van der Waals surface area (Å²) in [5.41, 5.74) is 0.159. The molecule has 4 nitrogen and oxygen atoms in total. The largest absolute Gasteiger partial charge is 0.469 e. The van der Waals surface area contributed by atoms with Gasteiger partial charge in [0.2, 0.25) is 0 Å². The fraction of sp³-hybridized carbons (Fsp3) is 0.222. The van der Waals surface area contributed by atoms with Crippen molar-refractivity contribution < 1.29 is 14.3 Å². The highest BCUT2D eigenvalue weighted by atomic mass is 35.5. The lowest BCUT2D eigenvalue weighted by Gasteiger charge is -2.02. The van der Waals surface area contributed by atoms with Gasteiger partial charge in [-0.15, -0.1) is 0 Å². The van der Waals surface area contributed by atoms with Crippen molar-refractivity contribution in [2.75, 3.05) is 7.11 Å². The smallest absolute Gasteiger partial charge is 0.313 e. The van der Waals surface area contributed by atoms with Gasteiger partial charge in [-0.25, -0.2) is 4.98 Å². The summed E-state index contributed by atoms with van der Waals surface area (Å²) in [7, 11) is 1.21. The van der Waals surface area contributed by atoms with E-state index in [1.165, 1.54) is 19.4 Å². The molecule has 0 amide bonds. The van der Waals surface area contributed by atoms with Crippen LogP contribution >= 0.6 is 23.2 Å². The van der Waals surface area contributed by atoms with Gasteiger partial charge in [-0.2, -0.15) is 0 Å². The number of pyridine rings is 1. The zero-order valence-corrected chi connectivity index (χ0v) is 9.30. The first-order valence-electron chi connectivity index (χ1n) is 3.95. The molecule has 1 aromatic heterocycles. The number of hydrogen-bond donors (Lipinski definition) is 0. The number of hydrogen-bond acceptors (Lipinski definition) is 4. The number of nitrogens with zero attached hydrogens (tertiary/aromatic N) is 1. The van der Waals surface area contributed by atoms with Gasteiger partial charge in [0.15, 0.2) is 5.78 Å². The Bertz CT molecular complexity index is 406. The minimum Gasteiger partial charge on any atom is -0.469 e. The monoisotopic (exact) mass is 247 g/mol. The van der Waals surface area contributed by atoms with Crippen molar-refractivity contribution in [2.24, 2.45) is 0 Å². The van der Waals surface area contributed by atoms with Crippen LogP contribution in [0, 0.1) is 0 Å². The summed E-state index contributed by atoms with van der Waals surface area (Å²) in [6, 6.07) is 1.34. The highest BCUT2D eigenvalue weighted by molar-refractivity contribution is 6.36. The summed E-state index contributed by atoms with van der Waals surface area (Å²) in [5.74, 6) is -1.07. The predicted octanol–water partition coefficient (Wildman–Crippen LogP) is 2.13. The molecule has 0 aromatic carbocycles. The van der Waals surface area contributed by atoms with E-state index < -0.39 is 11.8 Å². The van der Waals surface area contributed by atoms with E-state index in [2.05, 4.69) is 9.72 Å². The van der Waals surface area contributed by atoms with Gasteiger partial charge in [0.25, 0.3) is 0 Å². The summed E-state index contributed by atoms with van der Waals surface area (Å²) in [5, 5.41) is 0.360. The maximum atomic E-state index is 11.5. The number of halogens is 2. The standard InChI is InChI=1S/C9H7Cl2NO3/c1-15-9(14)3-7(13)5-4-12-8(11)2-6(5)10/h2,4H,3H2,1H3. The Morgan fingerprint density at radius 3 is 2.67 bits per heavy atom. The lowest BCUT2D eigenvalue weighted by atomic mass is 10.1. The van der Waals surface area contributed by atoms with Gasteiger partial charge < -0.3 is 4.74 Å². The fourth-order valence-electron chi connectivity index (χ4n) is 0.911. The second-order valence-electron chi connectivity index (χ2n) is 2.66. The van der Waals surface area contributed by atoms with Crippen LogP contribution in [0.4, 0.5) is 0 Å². The SMILES string of the molecule is COC(=O)CC(=O)c1cnc(Cl)cc1Cl. The van der Waals surface area contributed by atoms with E-state index in [0.717, 1.165) is 0 Å². The Morgan fingerprint density at radius 2 is 2.13 bits per heavy atom. The third-order valence-corrected chi connectivity index (χ3v) is 2.17. The normalized spacial score (nSPS) is 9.80. The Kier molecular flexibility index (Phi) is 4.05. The number of aromatic nitrogens is 1. The van der Waals surface area contributed by atoms with E-state index >= 15 is 0 Å². The molecule has 0 unspecified atom stereocenters. The van der Waals surface area contributed by atoms with E-state index in [-0.39, 0.29) is 22.2 Å². The summed E-state index contributed by atoms with van der Waals surface area (Å²) >= 11 is 11.3. The van der Waals surface area contributed by atoms with Gasteiger partial charge in [0.05, 0.1) is 17.7 Å². The molecule has 80 valence electrons. The molecule has 1 heterocycles. The van der Waals surface area contributed by atoms with E-state index in [9.17, 15) is 9.59 Å². The van der Waals surface area contributed by atoms with E-state index in [1.54, 1.807) is 0 Å². The van der Waals surface area contributed by atoms with E-state index in [0.29, 0.717) is 0 Å². The number of methoxy groups -OCH3 is 1. The first-order valence-corrected chi connectivity index (χ1v) is 4.71. The third-order valence-electron chi connectivity index (χ3n) is 1.65. The molecule has 1 rings (SSSR count). The molecule has 0 bridgehead atoms. The average molecular weight is 248 g/mol. The molecule has 15 heavy (non-hydrogen) atoms. The molecule has 0 aliphatic carbocycles. The molecule has 0 radical (unpaired) electrons. The maximum Gasteiger partial charge on any atom is 0.313 e. The summed E-state index contributed by atoms with van der Waals surface area (Å²) in [6.07, 6.45) is 0.871. The van der Waals surface area contributed by atoms with Gasteiger partial charge in [-0.1, -0.05) is 23.2 Å². The molecule has 1 aromatic rings. The number of esters is 1. The first kappa shape index (κ1) is 11.9. The Morgan fingerprint density at radius 1 is 1.47 bits per heavy atom. The Labute approximate surface area is 96.2 Å². The minimum atomic E-state index is -0.619. The third kappa shape index (κ3) is 3.18. The van der Waals surface area contributed by atoms with Crippen LogP contribution in [0.5, 0.6) is 0 Å². The summed E-state index contributed by atoms with van der Waals surface area (Å²) in [4.78, 5) is 26.0. The average Bonchev–Trinajstić information content (AvgIpc) is 2.17. The highest BCUT2D eigenvalue weighted by Gasteiger charge is 2.15. The van der Waals surface area contributed by atoms with Crippen molar-refractivity contribution in [2.45, 2.75) is 6.42 Å². The van der Waals surface area contributed by atoms with Gasteiger partial charge in [-0.05, 0) is 6.07 Å². The Hall–Kier alpha value is -1.13. The van der Waals surface area contributed by atoms with Crippen LogP contribution in [0.2, 0.25) is 10.2 Å². The van der Waals surface area contributed by atoms with Crippen LogP contribution in [0.15, 0.2) is 12.3 Å². The van der Waals surface area contributed by atoms with Gasteiger partial charge in [0, 0.05) is 6.20 Å². The van der Waals surface area contributed by atoms with Crippen LogP contribution in [0.3, 0.4) is 0 Å². The predicted molar refractivity (Wildman–Crippen MR) is 55.2 cm³/mol. The zero-order chi connectivity index (χ0) is 11.4. The molecule has 0 aliphatic heterocycles. The quantitative estimate of drug-likeness (QED) is 0.356. The van der Waals surface area contributed by atoms with Crippen molar-refractivity contribution in [1.29, 1.82) is 0 Å². The number of ketones is 1. The number of carbonyl (C=O) groups is 2. The topological polar surface area (TPSA) is 56.3 Å². The number of Topliss-reactive ketones (excluding diaryl/α,β-unsaturated/α-hetero) is 1. The molecule has 0 spiro atoms. The first-order chi connectivity index (χ1) is 7.04. The van der Waals surface area contributed by atoms with Crippen LogP contribution in [0.1, 0.15) is 16.8 Å². The van der Waals surface area contributed by atoms with Gasteiger partial charge in [0.1, 0.15) is 11.6 Å². The second-order valence-corrected chi connectivity index (χ2v) is 3.46. The van der Waals surface area contributed by atoms with Crippen molar-refractivity contribution in [3.05, 3.63) is 28.0 Å². The fourth-order valence-corrected chi connectivity index (χ4v) is 1.38. The van der Waals surface area contributed by atoms with Crippen molar-refractivity contribution >= 4 is 35.0 Å². The second kappa shape index (κ2) is 5.09. The number of ether oxygens (including phenoxy) is 1. The van der Waals surface area contributed by atoms with Crippen molar-refractivity contribution in [3.8, 4) is 0 Å². The van der Waals surface area contributed by atoms with Crippen molar-refractivity contribution in [3.63, 3.8) is 0 Å². The molecule has 6 heteroatoms. The van der Waals surface area contributed by atoms with E-state index in [4.69, 9.17) is 23.2 Å². The van der Waals surface area contributed by atoms with Crippen LogP contribution in [-0.2, 0) is 9.53 Å². The molecular weight excluding hydrogens is 241 g/mol. The highest BCUT2D eigenvalue weighted by Crippen LogP contribution is 2.19. The molecule has 0 fully saturated rings. The van der Waals surface area contributed by atoms with Crippen LogP contribution in [0.25, 0.3) is 0 Å². The lowest BCUT2D eigenvalue weighted by Crippen LogP contribution is -2.10. The molecule has 0 saturated heterocycles. The van der Waals surface area contributed by atoms with Gasteiger partial charge >= 0.3 is 5.97 Å². The zero-order valence-electron chi connectivity index (χ0n) is 7.79. The summed E-state index contributed by atoms with van der Waals surface area (Å²) < 4.78 is 4.36. The molecular formula is C9H7Cl2NO3. The van der Waals surface area contributed by atoms with Crippen LogP contribution in [-0.4, -0.2) is 23.8 Å². The number of carbonyl (C=O) groups excluding carboxylic acids is 2. The summed E-state index contributed by atoms with van der Waals surface area (Å²) in [6.45, 7) is 0. The molecule has 0 aliphatic rings. The lowest BCUT2D eigenvalue weighted by molar-refractivity contribution is -0.139. The van der Waals surface area contributed by atoms with Crippen LogP contribution < -0.4 is 0 Å². The maximum absolute atomic E-state index is 11.5. The molecule has 0 atom stereocenters. The minimum absolute atomic E-state index is 0.159. The van der Waals surface area contributed by atoms with Gasteiger partial charge in [-0.3, -0.25) is 9.59 Å². The van der Waals surface area contributed by atoms with E-state index in [1.807, 2.05) is 0 Å². The molecule has 0 N–H and O–H groups in total.